The Balaban J connectivity index is 2.01. The van der Waals surface area contributed by atoms with E-state index in [1.807, 2.05) is 0 Å². The molecule has 1 heterocycles. The van der Waals surface area contributed by atoms with Crippen LogP contribution in [0.4, 0.5) is 0 Å². The highest BCUT2D eigenvalue weighted by atomic mass is 16.4. The Morgan fingerprint density at radius 2 is 1.53 bits per heavy atom. The maximum absolute atomic E-state index is 11.1. The number of aromatic hydroxyl groups is 1. The summed E-state index contributed by atoms with van der Waals surface area (Å²) in [5, 5.41) is 9.07. The summed E-state index contributed by atoms with van der Waals surface area (Å²) < 4.78 is 4.97. The average molecular weight is 266 g/mol. The zero-order valence-corrected chi connectivity index (χ0v) is 12.0. The summed E-state index contributed by atoms with van der Waals surface area (Å²) in [4.78, 5) is 11.1. The van der Waals surface area contributed by atoms with Gasteiger partial charge in [-0.25, -0.2) is 4.79 Å². The lowest BCUT2D eigenvalue weighted by Crippen LogP contribution is -2.00. The van der Waals surface area contributed by atoms with E-state index in [1.54, 1.807) is 6.07 Å². The zero-order valence-electron chi connectivity index (χ0n) is 12.0. The van der Waals surface area contributed by atoms with Gasteiger partial charge in [0.25, 0.3) is 0 Å². The van der Waals surface area contributed by atoms with Gasteiger partial charge in [0.15, 0.2) is 0 Å². The van der Waals surface area contributed by atoms with Gasteiger partial charge >= 0.3 is 5.63 Å². The van der Waals surface area contributed by atoms with Gasteiger partial charge in [0.05, 0.1) is 0 Å². The van der Waals surface area contributed by atoms with E-state index in [0.717, 1.165) is 12.8 Å². The van der Waals surface area contributed by atoms with Crippen molar-refractivity contribution in [3.05, 3.63) is 28.3 Å². The fourth-order valence-electron chi connectivity index (χ4n) is 2.19. The second kappa shape index (κ2) is 9.65. The van der Waals surface area contributed by atoms with Crippen molar-refractivity contribution in [3.63, 3.8) is 0 Å². The minimum absolute atomic E-state index is 0.309. The molecule has 0 aliphatic carbocycles. The molecular formula is C16H26O3. The minimum Gasteiger partial charge on any atom is -0.502 e. The van der Waals surface area contributed by atoms with Crippen molar-refractivity contribution in [1.82, 2.24) is 0 Å². The number of hydrogen-bond acceptors (Lipinski definition) is 3. The van der Waals surface area contributed by atoms with Gasteiger partial charge in [0, 0.05) is 6.42 Å². The smallest absolute Gasteiger partial charge is 0.378 e. The predicted molar refractivity (Wildman–Crippen MR) is 77.6 cm³/mol. The maximum atomic E-state index is 11.1. The van der Waals surface area contributed by atoms with Crippen LogP contribution in [-0.2, 0) is 6.42 Å². The van der Waals surface area contributed by atoms with Crippen LogP contribution in [0, 0.1) is 0 Å². The van der Waals surface area contributed by atoms with E-state index >= 15 is 0 Å². The zero-order chi connectivity index (χ0) is 13.9. The van der Waals surface area contributed by atoms with E-state index in [4.69, 9.17) is 9.52 Å². The summed E-state index contributed by atoms with van der Waals surface area (Å²) in [7, 11) is 0. The Morgan fingerprint density at radius 3 is 2.11 bits per heavy atom. The van der Waals surface area contributed by atoms with Gasteiger partial charge in [-0.2, -0.15) is 0 Å². The van der Waals surface area contributed by atoms with Gasteiger partial charge in [-0.1, -0.05) is 58.3 Å². The number of rotatable bonds is 10. The van der Waals surface area contributed by atoms with Crippen molar-refractivity contribution in [2.24, 2.45) is 0 Å². The molecule has 0 saturated carbocycles. The van der Waals surface area contributed by atoms with Crippen LogP contribution in [0.25, 0.3) is 0 Å². The minimum atomic E-state index is -0.631. The van der Waals surface area contributed by atoms with E-state index in [0.29, 0.717) is 5.76 Å². The maximum Gasteiger partial charge on any atom is 0.378 e. The average Bonchev–Trinajstić information content (AvgIpc) is 2.41. The van der Waals surface area contributed by atoms with Crippen LogP contribution in [-0.4, -0.2) is 5.11 Å². The third-order valence-corrected chi connectivity index (χ3v) is 3.39. The number of aryl methyl sites for hydroxylation is 1. The number of unbranched alkanes of at least 4 members (excludes halogenated alkanes) is 8. The monoisotopic (exact) mass is 266 g/mol. The van der Waals surface area contributed by atoms with Crippen molar-refractivity contribution < 1.29 is 9.52 Å². The fourth-order valence-corrected chi connectivity index (χ4v) is 2.19. The van der Waals surface area contributed by atoms with Crippen LogP contribution in [0.1, 0.15) is 70.5 Å². The van der Waals surface area contributed by atoms with Gasteiger partial charge in [0.2, 0.25) is 5.75 Å². The Hall–Kier alpha value is -1.25. The Kier molecular flexibility index (Phi) is 8.03. The van der Waals surface area contributed by atoms with Crippen molar-refractivity contribution >= 4 is 0 Å². The van der Waals surface area contributed by atoms with Gasteiger partial charge in [-0.05, 0) is 18.6 Å². The van der Waals surface area contributed by atoms with Crippen molar-refractivity contribution in [3.8, 4) is 5.75 Å². The molecule has 1 rings (SSSR count). The lowest BCUT2D eigenvalue weighted by Gasteiger charge is -2.02. The third-order valence-electron chi connectivity index (χ3n) is 3.39. The number of hydrogen-bond donors (Lipinski definition) is 1. The molecule has 0 radical (unpaired) electrons. The molecule has 3 nitrogen and oxygen atoms in total. The molecule has 0 spiro atoms. The van der Waals surface area contributed by atoms with Crippen LogP contribution in [0.5, 0.6) is 5.75 Å². The second-order valence-electron chi connectivity index (χ2n) is 5.15. The molecule has 3 heteroatoms. The molecule has 108 valence electrons. The fraction of sp³-hybridized carbons (Fsp3) is 0.688. The highest BCUT2D eigenvalue weighted by Crippen LogP contribution is 2.12. The first-order valence-electron chi connectivity index (χ1n) is 7.56. The lowest BCUT2D eigenvalue weighted by atomic mass is 10.1. The Morgan fingerprint density at radius 1 is 0.947 bits per heavy atom. The predicted octanol–water partition coefficient (Wildman–Crippen LogP) is 4.42. The first-order chi connectivity index (χ1) is 9.24. The first kappa shape index (κ1) is 15.8. The van der Waals surface area contributed by atoms with Crippen LogP contribution in [0.15, 0.2) is 21.3 Å². The molecule has 0 amide bonds. The summed E-state index contributed by atoms with van der Waals surface area (Å²) >= 11 is 0. The van der Waals surface area contributed by atoms with Gasteiger partial charge in [0.1, 0.15) is 5.76 Å². The normalized spacial score (nSPS) is 10.8. The summed E-state index contributed by atoms with van der Waals surface area (Å²) in [6, 6.07) is 3.09. The van der Waals surface area contributed by atoms with Crippen LogP contribution < -0.4 is 5.63 Å². The van der Waals surface area contributed by atoms with E-state index in [-0.39, 0.29) is 5.75 Å². The van der Waals surface area contributed by atoms with Crippen molar-refractivity contribution in [2.45, 2.75) is 71.1 Å². The van der Waals surface area contributed by atoms with Crippen LogP contribution in [0.2, 0.25) is 0 Å². The second-order valence-corrected chi connectivity index (χ2v) is 5.15. The molecule has 0 aliphatic heterocycles. The van der Waals surface area contributed by atoms with Crippen LogP contribution >= 0.6 is 0 Å². The molecule has 1 aromatic rings. The SMILES string of the molecule is CCCCCCCCCCCc1ccc(O)c(=O)o1. The van der Waals surface area contributed by atoms with E-state index < -0.39 is 5.63 Å². The van der Waals surface area contributed by atoms with E-state index in [1.165, 1.54) is 57.4 Å². The molecule has 0 aliphatic rings. The van der Waals surface area contributed by atoms with Crippen molar-refractivity contribution in [1.29, 1.82) is 0 Å². The van der Waals surface area contributed by atoms with E-state index in [2.05, 4.69) is 6.92 Å². The molecule has 0 bridgehead atoms. The molecular weight excluding hydrogens is 240 g/mol. The Bertz CT molecular complexity index is 395. The molecule has 0 fully saturated rings. The highest BCUT2D eigenvalue weighted by Gasteiger charge is 2.01. The molecule has 0 aromatic carbocycles. The van der Waals surface area contributed by atoms with E-state index in [9.17, 15) is 4.79 Å². The Labute approximate surface area is 115 Å². The first-order valence-corrected chi connectivity index (χ1v) is 7.56. The lowest BCUT2D eigenvalue weighted by molar-refractivity contribution is 0.389. The standard InChI is InChI=1S/C16H26O3/c1-2-3-4-5-6-7-8-9-10-11-14-12-13-15(17)16(18)19-14/h12-13,17H,2-11H2,1H3. The quantitative estimate of drug-likeness (QED) is 0.638. The summed E-state index contributed by atoms with van der Waals surface area (Å²) in [6.45, 7) is 2.24. The van der Waals surface area contributed by atoms with Gasteiger partial charge in [-0.3, -0.25) is 0 Å². The molecule has 1 N–H and O–H groups in total. The summed E-state index contributed by atoms with van der Waals surface area (Å²) in [5.74, 6) is 0.363. The van der Waals surface area contributed by atoms with Crippen molar-refractivity contribution in [2.75, 3.05) is 0 Å². The molecule has 1 aromatic heterocycles. The van der Waals surface area contributed by atoms with Crippen LogP contribution in [0.3, 0.4) is 0 Å². The van der Waals surface area contributed by atoms with Gasteiger partial charge in [-0.15, -0.1) is 0 Å². The molecule has 0 saturated heterocycles. The molecule has 19 heavy (non-hydrogen) atoms. The topological polar surface area (TPSA) is 50.4 Å². The third kappa shape index (κ3) is 7.04. The largest absolute Gasteiger partial charge is 0.502 e. The molecule has 0 unspecified atom stereocenters. The summed E-state index contributed by atoms with van der Waals surface area (Å²) in [6.07, 6.45) is 12.3. The van der Waals surface area contributed by atoms with Gasteiger partial charge < -0.3 is 9.52 Å². The highest BCUT2D eigenvalue weighted by molar-refractivity contribution is 5.15. The summed E-state index contributed by atoms with van der Waals surface area (Å²) in [5.41, 5.74) is -0.631. The molecule has 0 atom stereocenters.